The highest BCUT2D eigenvalue weighted by atomic mass is 32.2. The van der Waals surface area contributed by atoms with Gasteiger partial charge in [-0.15, -0.1) is 10.2 Å². The monoisotopic (exact) mass is 345 g/mol. The summed E-state index contributed by atoms with van der Waals surface area (Å²) in [6.45, 7) is 1.92. The van der Waals surface area contributed by atoms with E-state index in [9.17, 15) is 4.79 Å². The Morgan fingerprint density at radius 1 is 1.33 bits per heavy atom. The molecule has 2 heterocycles. The molecule has 0 aromatic carbocycles. The average Bonchev–Trinajstić information content (AvgIpc) is 2.97. The van der Waals surface area contributed by atoms with Crippen molar-refractivity contribution in [2.45, 2.75) is 55.5 Å². The van der Waals surface area contributed by atoms with Crippen LogP contribution in [0.25, 0.3) is 11.4 Å². The third-order valence-corrected chi connectivity index (χ3v) is 5.49. The third kappa shape index (κ3) is 3.95. The van der Waals surface area contributed by atoms with Crippen molar-refractivity contribution in [3.8, 4) is 11.4 Å². The SMILES string of the molecule is C[C@H](Sc1nnc(-c2cccnc2)n1C)C(=O)NC1CCCCC1. The number of hydrogen-bond donors (Lipinski definition) is 1. The summed E-state index contributed by atoms with van der Waals surface area (Å²) in [5.74, 6) is 0.836. The Balaban J connectivity index is 1.63. The van der Waals surface area contributed by atoms with Crippen LogP contribution in [-0.4, -0.2) is 36.9 Å². The van der Waals surface area contributed by atoms with Gasteiger partial charge in [0.05, 0.1) is 5.25 Å². The molecule has 3 rings (SSSR count). The summed E-state index contributed by atoms with van der Waals surface area (Å²) in [5, 5.41) is 12.2. The summed E-state index contributed by atoms with van der Waals surface area (Å²) in [6.07, 6.45) is 9.39. The molecule has 2 aromatic heterocycles. The van der Waals surface area contributed by atoms with Crippen LogP contribution in [0.3, 0.4) is 0 Å². The quantitative estimate of drug-likeness (QED) is 0.844. The summed E-state index contributed by atoms with van der Waals surface area (Å²) in [6, 6.07) is 4.15. The summed E-state index contributed by atoms with van der Waals surface area (Å²) >= 11 is 1.44. The Hall–Kier alpha value is -1.89. The molecule has 0 bridgehead atoms. The summed E-state index contributed by atoms with van der Waals surface area (Å²) in [5.41, 5.74) is 0.915. The smallest absolute Gasteiger partial charge is 0.233 e. The van der Waals surface area contributed by atoms with Gasteiger partial charge in [0.1, 0.15) is 0 Å². The molecule has 0 spiro atoms. The number of amides is 1. The lowest BCUT2D eigenvalue weighted by atomic mass is 9.95. The van der Waals surface area contributed by atoms with E-state index in [2.05, 4.69) is 20.5 Å². The Bertz CT molecular complexity index is 682. The minimum Gasteiger partial charge on any atom is -0.352 e. The van der Waals surface area contributed by atoms with E-state index in [0.717, 1.165) is 29.4 Å². The second-order valence-corrected chi connectivity index (χ2v) is 7.52. The zero-order chi connectivity index (χ0) is 16.9. The van der Waals surface area contributed by atoms with Crippen LogP contribution in [0.2, 0.25) is 0 Å². The van der Waals surface area contributed by atoms with E-state index in [0.29, 0.717) is 6.04 Å². The molecule has 0 saturated heterocycles. The highest BCUT2D eigenvalue weighted by Crippen LogP contribution is 2.26. The number of rotatable bonds is 5. The zero-order valence-electron chi connectivity index (χ0n) is 14.1. The van der Waals surface area contributed by atoms with E-state index in [1.165, 1.54) is 31.0 Å². The van der Waals surface area contributed by atoms with Crippen molar-refractivity contribution >= 4 is 17.7 Å². The van der Waals surface area contributed by atoms with Gasteiger partial charge in [0.2, 0.25) is 5.91 Å². The van der Waals surface area contributed by atoms with Gasteiger partial charge in [-0.2, -0.15) is 0 Å². The summed E-state index contributed by atoms with van der Waals surface area (Å²) < 4.78 is 1.91. The molecule has 1 amide bonds. The van der Waals surface area contributed by atoms with Gasteiger partial charge in [0.15, 0.2) is 11.0 Å². The van der Waals surface area contributed by atoms with Gasteiger partial charge in [-0.3, -0.25) is 9.78 Å². The molecule has 0 aliphatic heterocycles. The van der Waals surface area contributed by atoms with Crippen LogP contribution in [0.1, 0.15) is 39.0 Å². The van der Waals surface area contributed by atoms with Gasteiger partial charge in [0, 0.05) is 31.0 Å². The molecule has 24 heavy (non-hydrogen) atoms. The largest absolute Gasteiger partial charge is 0.352 e. The maximum absolute atomic E-state index is 12.4. The van der Waals surface area contributed by atoms with Gasteiger partial charge >= 0.3 is 0 Å². The van der Waals surface area contributed by atoms with Gasteiger partial charge < -0.3 is 9.88 Å². The van der Waals surface area contributed by atoms with Crippen LogP contribution >= 0.6 is 11.8 Å². The molecule has 6 nitrogen and oxygen atoms in total. The third-order valence-electron chi connectivity index (χ3n) is 4.36. The lowest BCUT2D eigenvalue weighted by Crippen LogP contribution is -2.40. The molecule has 128 valence electrons. The number of thioether (sulfide) groups is 1. The molecular weight excluding hydrogens is 322 g/mol. The molecular formula is C17H23N5OS. The second-order valence-electron chi connectivity index (χ2n) is 6.21. The first-order chi connectivity index (χ1) is 11.6. The minimum absolute atomic E-state index is 0.0813. The van der Waals surface area contributed by atoms with E-state index in [1.807, 2.05) is 30.7 Å². The molecule has 1 N–H and O–H groups in total. The highest BCUT2D eigenvalue weighted by Gasteiger charge is 2.22. The fourth-order valence-electron chi connectivity index (χ4n) is 2.94. The van der Waals surface area contributed by atoms with Crippen LogP contribution in [0.5, 0.6) is 0 Å². The first kappa shape index (κ1) is 17.0. The van der Waals surface area contributed by atoms with Crippen molar-refractivity contribution in [2.24, 2.45) is 7.05 Å². The van der Waals surface area contributed by atoms with Crippen LogP contribution in [0.15, 0.2) is 29.7 Å². The Morgan fingerprint density at radius 2 is 2.12 bits per heavy atom. The fourth-order valence-corrected chi connectivity index (χ4v) is 3.76. The molecule has 1 saturated carbocycles. The normalized spacial score (nSPS) is 16.8. The van der Waals surface area contributed by atoms with Crippen LogP contribution < -0.4 is 5.32 Å². The number of hydrogen-bond acceptors (Lipinski definition) is 5. The fraction of sp³-hybridized carbons (Fsp3) is 0.529. The lowest BCUT2D eigenvalue weighted by molar-refractivity contribution is -0.121. The van der Waals surface area contributed by atoms with Gasteiger partial charge in [-0.1, -0.05) is 31.0 Å². The van der Waals surface area contributed by atoms with Crippen molar-refractivity contribution in [1.29, 1.82) is 0 Å². The Kier molecular flexibility index (Phi) is 5.50. The van der Waals surface area contributed by atoms with Gasteiger partial charge in [0.25, 0.3) is 0 Å². The maximum Gasteiger partial charge on any atom is 0.233 e. The summed E-state index contributed by atoms with van der Waals surface area (Å²) in [4.78, 5) is 16.5. The number of nitrogens with zero attached hydrogens (tertiary/aromatic N) is 4. The highest BCUT2D eigenvalue weighted by molar-refractivity contribution is 8.00. The Morgan fingerprint density at radius 3 is 2.83 bits per heavy atom. The van der Waals surface area contributed by atoms with Crippen molar-refractivity contribution in [3.05, 3.63) is 24.5 Å². The number of carbonyl (C=O) groups excluding carboxylic acids is 1. The molecule has 1 fully saturated rings. The van der Waals surface area contributed by atoms with Crippen LogP contribution in [0, 0.1) is 0 Å². The Labute approximate surface area is 146 Å². The average molecular weight is 345 g/mol. The molecule has 0 radical (unpaired) electrons. The molecule has 1 aliphatic carbocycles. The predicted molar refractivity (Wildman–Crippen MR) is 94.6 cm³/mol. The summed E-state index contributed by atoms with van der Waals surface area (Å²) in [7, 11) is 1.91. The van der Waals surface area contributed by atoms with E-state index in [-0.39, 0.29) is 11.2 Å². The number of nitrogens with one attached hydrogen (secondary N) is 1. The molecule has 0 unspecified atom stereocenters. The van der Waals surface area contributed by atoms with Crippen LogP contribution in [-0.2, 0) is 11.8 Å². The van der Waals surface area contributed by atoms with Crippen molar-refractivity contribution in [3.63, 3.8) is 0 Å². The van der Waals surface area contributed by atoms with Gasteiger partial charge in [-0.25, -0.2) is 0 Å². The van der Waals surface area contributed by atoms with E-state index in [4.69, 9.17) is 0 Å². The molecule has 7 heteroatoms. The van der Waals surface area contributed by atoms with E-state index >= 15 is 0 Å². The molecule has 1 aliphatic rings. The van der Waals surface area contributed by atoms with Crippen molar-refractivity contribution in [1.82, 2.24) is 25.1 Å². The standard InChI is InChI=1S/C17H23N5OS/c1-12(16(23)19-14-8-4-3-5-9-14)24-17-21-20-15(22(17)2)13-7-6-10-18-11-13/h6-7,10-12,14H,3-5,8-9H2,1-2H3,(H,19,23)/t12-/m0/s1. The topological polar surface area (TPSA) is 72.7 Å². The number of aromatic nitrogens is 4. The van der Waals surface area contributed by atoms with Crippen molar-refractivity contribution in [2.75, 3.05) is 0 Å². The lowest BCUT2D eigenvalue weighted by Gasteiger charge is -2.24. The van der Waals surface area contributed by atoms with E-state index < -0.39 is 0 Å². The maximum atomic E-state index is 12.4. The van der Waals surface area contributed by atoms with Gasteiger partial charge in [-0.05, 0) is 31.9 Å². The second kappa shape index (κ2) is 7.79. The first-order valence-corrected chi connectivity index (χ1v) is 9.30. The zero-order valence-corrected chi connectivity index (χ0v) is 14.9. The van der Waals surface area contributed by atoms with Crippen molar-refractivity contribution < 1.29 is 4.79 Å². The molecule has 2 aromatic rings. The van der Waals surface area contributed by atoms with E-state index in [1.54, 1.807) is 12.4 Å². The number of pyridine rings is 1. The minimum atomic E-state index is -0.198. The first-order valence-electron chi connectivity index (χ1n) is 8.42. The number of carbonyl (C=O) groups is 1. The molecule has 1 atom stereocenters. The van der Waals surface area contributed by atoms with Crippen LogP contribution in [0.4, 0.5) is 0 Å². The predicted octanol–water partition coefficient (Wildman–Crippen LogP) is 2.81.